The molecule has 92 valence electrons. The molecule has 0 N–H and O–H groups in total. The van der Waals surface area contributed by atoms with Gasteiger partial charge in [-0.15, -0.1) is 0 Å². The minimum absolute atomic E-state index is 0.130. The second kappa shape index (κ2) is 6.48. The van der Waals surface area contributed by atoms with Gasteiger partial charge in [-0.2, -0.15) is 5.10 Å². The summed E-state index contributed by atoms with van der Waals surface area (Å²) in [5.41, 5.74) is 0.723. The van der Waals surface area contributed by atoms with Crippen LogP contribution in [0.25, 0.3) is 0 Å². The summed E-state index contributed by atoms with van der Waals surface area (Å²) in [6.07, 6.45) is 0.224. The highest BCUT2D eigenvalue weighted by Gasteiger charge is 2.13. The van der Waals surface area contributed by atoms with Gasteiger partial charge in [-0.3, -0.25) is 4.68 Å². The molecular formula is C10H15F2IN2O. The average molecular weight is 344 g/mol. The topological polar surface area (TPSA) is 27.1 Å². The van der Waals surface area contributed by atoms with E-state index in [0.717, 1.165) is 15.7 Å². The molecule has 0 radical (unpaired) electrons. The van der Waals surface area contributed by atoms with Crippen LogP contribution in [0.15, 0.2) is 6.20 Å². The number of alkyl halides is 2. The van der Waals surface area contributed by atoms with Gasteiger partial charge >= 0.3 is 0 Å². The number of rotatable bonds is 6. The van der Waals surface area contributed by atoms with Crippen molar-refractivity contribution in [2.75, 3.05) is 0 Å². The van der Waals surface area contributed by atoms with Gasteiger partial charge in [0.1, 0.15) is 6.54 Å². The molecule has 3 nitrogen and oxygen atoms in total. The molecular weight excluding hydrogens is 329 g/mol. The molecule has 1 aromatic heterocycles. The van der Waals surface area contributed by atoms with Crippen LogP contribution in [0.5, 0.6) is 0 Å². The Bertz CT molecular complexity index is 331. The van der Waals surface area contributed by atoms with Gasteiger partial charge in [-0.05, 0) is 35.9 Å². The molecule has 0 saturated carbocycles. The first-order valence-electron chi connectivity index (χ1n) is 5.14. The van der Waals surface area contributed by atoms with Crippen molar-refractivity contribution in [1.29, 1.82) is 0 Å². The first kappa shape index (κ1) is 13.8. The summed E-state index contributed by atoms with van der Waals surface area (Å²) >= 11 is 2.08. The van der Waals surface area contributed by atoms with E-state index < -0.39 is 6.43 Å². The quantitative estimate of drug-likeness (QED) is 0.742. The Balaban J connectivity index is 2.66. The molecule has 0 fully saturated rings. The molecule has 0 aromatic carbocycles. The normalized spacial score (nSPS) is 13.4. The lowest BCUT2D eigenvalue weighted by Gasteiger charge is -2.12. The summed E-state index contributed by atoms with van der Waals surface area (Å²) in [5.74, 6) is 0. The molecule has 0 saturated heterocycles. The summed E-state index contributed by atoms with van der Waals surface area (Å²) < 4.78 is 32.2. The Labute approximate surface area is 107 Å². The number of ether oxygens (including phenoxy) is 1. The van der Waals surface area contributed by atoms with E-state index in [2.05, 4.69) is 27.7 Å². The van der Waals surface area contributed by atoms with Crippen LogP contribution in [0.1, 0.15) is 26.0 Å². The van der Waals surface area contributed by atoms with Crippen LogP contribution < -0.4 is 0 Å². The average Bonchev–Trinajstić information content (AvgIpc) is 2.56. The van der Waals surface area contributed by atoms with Gasteiger partial charge in [-0.25, -0.2) is 8.78 Å². The standard InChI is InChI=1S/C10H15F2IN2O/c1-3-7(2)16-6-9-8(13)4-14-15(9)5-10(11)12/h4,7,10H,3,5-6H2,1-2H3. The van der Waals surface area contributed by atoms with Crippen molar-refractivity contribution in [1.82, 2.24) is 9.78 Å². The van der Waals surface area contributed by atoms with Crippen molar-refractivity contribution in [3.05, 3.63) is 15.5 Å². The molecule has 0 bridgehead atoms. The molecule has 16 heavy (non-hydrogen) atoms. The van der Waals surface area contributed by atoms with Gasteiger partial charge in [0.05, 0.1) is 28.2 Å². The zero-order chi connectivity index (χ0) is 12.1. The largest absolute Gasteiger partial charge is 0.372 e. The molecule has 0 aliphatic heterocycles. The Morgan fingerprint density at radius 1 is 1.56 bits per heavy atom. The summed E-state index contributed by atoms with van der Waals surface area (Å²) in [7, 11) is 0. The maximum Gasteiger partial charge on any atom is 0.257 e. The van der Waals surface area contributed by atoms with Gasteiger partial charge in [0, 0.05) is 0 Å². The fourth-order valence-electron chi connectivity index (χ4n) is 1.16. The molecule has 1 unspecified atom stereocenters. The first-order valence-corrected chi connectivity index (χ1v) is 6.22. The van der Waals surface area contributed by atoms with Crippen LogP contribution in [0.4, 0.5) is 8.78 Å². The Morgan fingerprint density at radius 3 is 2.81 bits per heavy atom. The molecule has 1 rings (SSSR count). The maximum absolute atomic E-state index is 12.3. The van der Waals surface area contributed by atoms with E-state index in [-0.39, 0.29) is 12.6 Å². The zero-order valence-electron chi connectivity index (χ0n) is 9.29. The third-order valence-corrected chi connectivity index (χ3v) is 3.19. The van der Waals surface area contributed by atoms with Crippen LogP contribution >= 0.6 is 22.6 Å². The van der Waals surface area contributed by atoms with Gasteiger partial charge in [0.15, 0.2) is 0 Å². The summed E-state index contributed by atoms with van der Waals surface area (Å²) in [5, 5.41) is 3.91. The summed E-state index contributed by atoms with van der Waals surface area (Å²) in [6, 6.07) is 0. The molecule has 1 heterocycles. The van der Waals surface area contributed by atoms with Gasteiger partial charge in [0.2, 0.25) is 0 Å². The van der Waals surface area contributed by atoms with Crippen LogP contribution in [0, 0.1) is 3.57 Å². The van der Waals surface area contributed by atoms with Crippen molar-refractivity contribution < 1.29 is 13.5 Å². The van der Waals surface area contributed by atoms with Crippen molar-refractivity contribution in [2.45, 2.75) is 45.9 Å². The molecule has 1 atom stereocenters. The lowest BCUT2D eigenvalue weighted by Crippen LogP contribution is -2.15. The van der Waals surface area contributed by atoms with E-state index in [1.54, 1.807) is 6.20 Å². The van der Waals surface area contributed by atoms with Gasteiger partial charge in [-0.1, -0.05) is 6.92 Å². The molecule has 1 aromatic rings. The first-order chi connectivity index (χ1) is 7.54. The Kier molecular flexibility index (Phi) is 5.60. The number of nitrogens with zero attached hydrogens (tertiary/aromatic N) is 2. The SMILES string of the molecule is CCC(C)OCc1c(I)cnn1CC(F)F. The zero-order valence-corrected chi connectivity index (χ0v) is 11.4. The number of aromatic nitrogens is 2. The molecule has 0 aliphatic rings. The van der Waals surface area contributed by atoms with E-state index in [1.807, 2.05) is 13.8 Å². The fraction of sp³-hybridized carbons (Fsp3) is 0.700. The predicted molar refractivity (Wildman–Crippen MR) is 65.5 cm³/mol. The van der Waals surface area contributed by atoms with Gasteiger partial charge in [0.25, 0.3) is 6.43 Å². The van der Waals surface area contributed by atoms with Crippen LogP contribution in [-0.4, -0.2) is 22.3 Å². The molecule has 6 heteroatoms. The highest BCUT2D eigenvalue weighted by molar-refractivity contribution is 14.1. The van der Waals surface area contributed by atoms with Crippen molar-refractivity contribution >= 4 is 22.6 Å². The lowest BCUT2D eigenvalue weighted by atomic mass is 10.3. The number of hydrogen-bond donors (Lipinski definition) is 0. The fourth-order valence-corrected chi connectivity index (χ4v) is 1.72. The summed E-state index contributed by atoms with van der Waals surface area (Å²) in [4.78, 5) is 0. The van der Waals surface area contributed by atoms with Crippen molar-refractivity contribution in [3.63, 3.8) is 0 Å². The van der Waals surface area contributed by atoms with Crippen molar-refractivity contribution in [3.8, 4) is 0 Å². The van der Waals surface area contributed by atoms with Crippen LogP contribution in [0.2, 0.25) is 0 Å². The Hall–Kier alpha value is -0.240. The lowest BCUT2D eigenvalue weighted by molar-refractivity contribution is 0.0435. The minimum Gasteiger partial charge on any atom is -0.372 e. The highest BCUT2D eigenvalue weighted by atomic mass is 127. The molecule has 0 aliphatic carbocycles. The smallest absolute Gasteiger partial charge is 0.257 e. The third kappa shape index (κ3) is 3.97. The predicted octanol–water partition coefficient (Wildman–Crippen LogP) is 3.07. The highest BCUT2D eigenvalue weighted by Crippen LogP contribution is 2.15. The van der Waals surface area contributed by atoms with E-state index in [1.165, 1.54) is 4.68 Å². The summed E-state index contributed by atoms with van der Waals surface area (Å²) in [6.45, 7) is 3.94. The van der Waals surface area contributed by atoms with Gasteiger partial charge < -0.3 is 4.74 Å². The molecule has 0 amide bonds. The number of halogens is 3. The number of hydrogen-bond acceptors (Lipinski definition) is 2. The monoisotopic (exact) mass is 344 g/mol. The third-order valence-electron chi connectivity index (χ3n) is 2.29. The van der Waals surface area contributed by atoms with E-state index in [4.69, 9.17) is 4.74 Å². The van der Waals surface area contributed by atoms with E-state index in [9.17, 15) is 8.78 Å². The second-order valence-electron chi connectivity index (χ2n) is 3.54. The minimum atomic E-state index is -2.39. The molecule has 0 spiro atoms. The maximum atomic E-state index is 12.3. The van der Waals surface area contributed by atoms with Crippen LogP contribution in [0.3, 0.4) is 0 Å². The van der Waals surface area contributed by atoms with Crippen molar-refractivity contribution in [2.24, 2.45) is 0 Å². The van der Waals surface area contributed by atoms with E-state index in [0.29, 0.717) is 6.61 Å². The van der Waals surface area contributed by atoms with Crippen LogP contribution in [-0.2, 0) is 17.9 Å². The van der Waals surface area contributed by atoms with E-state index >= 15 is 0 Å². The Morgan fingerprint density at radius 2 is 2.25 bits per heavy atom. The second-order valence-corrected chi connectivity index (χ2v) is 4.70.